The molecule has 1 N–H and O–H groups in total. The average Bonchev–Trinajstić information content (AvgIpc) is 3.19. The highest BCUT2D eigenvalue weighted by Crippen LogP contribution is 2.32. The summed E-state index contributed by atoms with van der Waals surface area (Å²) in [4.78, 5) is 12.5. The standard InChI is InChI=1S/C22H16F3N3OS2/c23-22(24,25)17-9-3-5-14(11-17)13-30-21-28-27-20(31-21)26-19(29)12-16-8-4-7-15-6-1-2-10-18(15)16/h1-11H,12-13H2,(H,26,27,29). The van der Waals surface area contributed by atoms with Gasteiger partial charge in [-0.05, 0) is 28.0 Å². The first-order valence-electron chi connectivity index (χ1n) is 9.27. The van der Waals surface area contributed by atoms with Gasteiger partial charge in [0.05, 0.1) is 12.0 Å². The van der Waals surface area contributed by atoms with Crippen LogP contribution in [0.15, 0.2) is 71.1 Å². The molecule has 0 spiro atoms. The SMILES string of the molecule is O=C(Cc1cccc2ccccc12)Nc1nnc(SCc2cccc(C(F)(F)F)c2)s1. The Balaban J connectivity index is 1.36. The number of alkyl halides is 3. The van der Waals surface area contributed by atoms with Crippen LogP contribution in [-0.2, 0) is 23.1 Å². The number of benzene rings is 3. The third kappa shape index (κ3) is 5.42. The van der Waals surface area contributed by atoms with Crippen LogP contribution in [0.4, 0.5) is 18.3 Å². The predicted octanol–water partition coefficient (Wildman–Crippen LogP) is 6.18. The predicted molar refractivity (Wildman–Crippen MR) is 117 cm³/mol. The van der Waals surface area contributed by atoms with Crippen molar-refractivity contribution in [2.24, 2.45) is 0 Å². The Hall–Kier alpha value is -2.91. The fourth-order valence-corrected chi connectivity index (χ4v) is 4.80. The molecule has 0 aliphatic heterocycles. The third-order valence-corrected chi connectivity index (χ3v) is 6.54. The van der Waals surface area contributed by atoms with Crippen LogP contribution in [0.25, 0.3) is 10.8 Å². The number of fused-ring (bicyclic) bond motifs is 1. The van der Waals surface area contributed by atoms with E-state index in [9.17, 15) is 18.0 Å². The number of anilines is 1. The summed E-state index contributed by atoms with van der Waals surface area (Å²) in [7, 11) is 0. The van der Waals surface area contributed by atoms with E-state index in [-0.39, 0.29) is 12.3 Å². The van der Waals surface area contributed by atoms with Crippen molar-refractivity contribution in [3.8, 4) is 0 Å². The van der Waals surface area contributed by atoms with E-state index in [1.807, 2.05) is 42.5 Å². The molecule has 0 unspecified atom stereocenters. The zero-order valence-corrected chi connectivity index (χ0v) is 17.7. The monoisotopic (exact) mass is 459 g/mol. The van der Waals surface area contributed by atoms with Crippen LogP contribution in [0.2, 0.25) is 0 Å². The molecule has 0 saturated carbocycles. The zero-order chi connectivity index (χ0) is 21.8. The molecule has 0 aliphatic rings. The summed E-state index contributed by atoms with van der Waals surface area (Å²) in [6.07, 6.45) is -4.17. The van der Waals surface area contributed by atoms with Gasteiger partial charge in [0.1, 0.15) is 0 Å². The fourth-order valence-electron chi connectivity index (χ4n) is 3.08. The molecule has 0 radical (unpaired) electrons. The molecule has 0 atom stereocenters. The van der Waals surface area contributed by atoms with Crippen LogP contribution in [0.3, 0.4) is 0 Å². The van der Waals surface area contributed by atoms with E-state index in [0.717, 1.165) is 28.5 Å². The quantitative estimate of drug-likeness (QED) is 0.276. The van der Waals surface area contributed by atoms with Gasteiger partial charge in [-0.1, -0.05) is 83.8 Å². The van der Waals surface area contributed by atoms with Crippen molar-refractivity contribution >= 4 is 44.9 Å². The van der Waals surface area contributed by atoms with Crippen molar-refractivity contribution in [1.82, 2.24) is 10.2 Å². The van der Waals surface area contributed by atoms with Gasteiger partial charge in [-0.15, -0.1) is 10.2 Å². The minimum atomic E-state index is -4.37. The number of carbonyl (C=O) groups excluding carboxylic acids is 1. The first kappa shape index (κ1) is 21.3. The van der Waals surface area contributed by atoms with Crippen LogP contribution in [0.5, 0.6) is 0 Å². The van der Waals surface area contributed by atoms with Gasteiger partial charge in [0, 0.05) is 5.75 Å². The van der Waals surface area contributed by atoms with Crippen LogP contribution in [-0.4, -0.2) is 16.1 Å². The van der Waals surface area contributed by atoms with Crippen LogP contribution in [0, 0.1) is 0 Å². The number of amides is 1. The summed E-state index contributed by atoms with van der Waals surface area (Å²) in [5.41, 5.74) is 0.778. The summed E-state index contributed by atoms with van der Waals surface area (Å²) in [5, 5.41) is 13.2. The molecule has 0 aliphatic carbocycles. The van der Waals surface area contributed by atoms with Gasteiger partial charge in [0.2, 0.25) is 11.0 Å². The Morgan fingerprint density at radius 2 is 1.77 bits per heavy atom. The zero-order valence-electron chi connectivity index (χ0n) is 16.0. The van der Waals surface area contributed by atoms with Gasteiger partial charge < -0.3 is 5.32 Å². The Bertz CT molecular complexity index is 1220. The number of aromatic nitrogens is 2. The lowest BCUT2D eigenvalue weighted by atomic mass is 10.0. The Kier molecular flexibility index (Phi) is 6.24. The van der Waals surface area contributed by atoms with Crippen LogP contribution < -0.4 is 5.32 Å². The minimum absolute atomic E-state index is 0.202. The van der Waals surface area contributed by atoms with Crippen molar-refractivity contribution in [3.63, 3.8) is 0 Å². The molecular weight excluding hydrogens is 443 g/mol. The molecule has 0 saturated heterocycles. The van der Waals surface area contributed by atoms with Gasteiger partial charge in [-0.3, -0.25) is 4.79 Å². The summed E-state index contributed by atoms with van der Waals surface area (Å²) >= 11 is 2.46. The largest absolute Gasteiger partial charge is 0.416 e. The summed E-state index contributed by atoms with van der Waals surface area (Å²) in [6, 6.07) is 18.9. The van der Waals surface area contributed by atoms with Crippen molar-refractivity contribution in [2.45, 2.75) is 22.7 Å². The lowest BCUT2D eigenvalue weighted by molar-refractivity contribution is -0.137. The van der Waals surface area contributed by atoms with Gasteiger partial charge in [-0.2, -0.15) is 13.2 Å². The van der Waals surface area contributed by atoms with E-state index in [0.29, 0.717) is 20.8 Å². The maximum atomic E-state index is 12.8. The first-order valence-corrected chi connectivity index (χ1v) is 11.1. The Morgan fingerprint density at radius 3 is 2.61 bits per heavy atom. The lowest BCUT2D eigenvalue weighted by Crippen LogP contribution is -2.14. The molecule has 0 bridgehead atoms. The number of halogens is 3. The van der Waals surface area contributed by atoms with Crippen molar-refractivity contribution in [2.75, 3.05) is 5.32 Å². The van der Waals surface area contributed by atoms with Crippen molar-refractivity contribution < 1.29 is 18.0 Å². The number of thioether (sulfide) groups is 1. The van der Waals surface area contributed by atoms with Crippen molar-refractivity contribution in [1.29, 1.82) is 0 Å². The molecule has 31 heavy (non-hydrogen) atoms. The molecule has 4 aromatic rings. The summed E-state index contributed by atoms with van der Waals surface area (Å²) in [5.74, 6) is 0.115. The molecular formula is C22H16F3N3OS2. The maximum absolute atomic E-state index is 12.8. The topological polar surface area (TPSA) is 54.9 Å². The molecule has 4 rings (SSSR count). The second-order valence-electron chi connectivity index (χ2n) is 6.72. The second kappa shape index (κ2) is 9.07. The number of hydrogen-bond acceptors (Lipinski definition) is 5. The maximum Gasteiger partial charge on any atom is 0.416 e. The summed E-state index contributed by atoms with van der Waals surface area (Å²) in [6.45, 7) is 0. The second-order valence-corrected chi connectivity index (χ2v) is 8.92. The molecule has 4 nitrogen and oxygen atoms in total. The van der Waals surface area contributed by atoms with E-state index in [2.05, 4.69) is 15.5 Å². The molecule has 0 fully saturated rings. The first-order chi connectivity index (χ1) is 14.9. The Morgan fingerprint density at radius 1 is 1.00 bits per heavy atom. The molecule has 9 heteroatoms. The average molecular weight is 460 g/mol. The normalized spacial score (nSPS) is 11.6. The smallest absolute Gasteiger partial charge is 0.300 e. The highest BCUT2D eigenvalue weighted by atomic mass is 32.2. The highest BCUT2D eigenvalue weighted by Gasteiger charge is 2.30. The minimum Gasteiger partial charge on any atom is -0.300 e. The van der Waals surface area contributed by atoms with Gasteiger partial charge >= 0.3 is 6.18 Å². The lowest BCUT2D eigenvalue weighted by Gasteiger charge is -2.07. The number of carbonyl (C=O) groups is 1. The van der Waals surface area contributed by atoms with Crippen LogP contribution in [0.1, 0.15) is 16.7 Å². The van der Waals surface area contributed by atoms with Gasteiger partial charge in [0.15, 0.2) is 4.34 Å². The van der Waals surface area contributed by atoms with Gasteiger partial charge in [0.25, 0.3) is 0 Å². The van der Waals surface area contributed by atoms with E-state index >= 15 is 0 Å². The molecule has 3 aromatic carbocycles. The van der Waals surface area contributed by atoms with E-state index in [1.54, 1.807) is 6.07 Å². The highest BCUT2D eigenvalue weighted by molar-refractivity contribution is 8.00. The molecule has 1 aromatic heterocycles. The summed E-state index contributed by atoms with van der Waals surface area (Å²) < 4.78 is 39.1. The molecule has 158 valence electrons. The fraction of sp³-hybridized carbons (Fsp3) is 0.136. The third-order valence-electron chi connectivity index (χ3n) is 4.50. The number of nitrogens with zero attached hydrogens (tertiary/aromatic N) is 2. The number of rotatable bonds is 6. The number of hydrogen-bond donors (Lipinski definition) is 1. The van der Waals surface area contributed by atoms with Gasteiger partial charge in [-0.25, -0.2) is 0 Å². The van der Waals surface area contributed by atoms with E-state index in [1.165, 1.54) is 29.2 Å². The number of nitrogens with one attached hydrogen (secondary N) is 1. The van der Waals surface area contributed by atoms with E-state index < -0.39 is 11.7 Å². The molecule has 1 amide bonds. The van der Waals surface area contributed by atoms with Crippen molar-refractivity contribution in [3.05, 3.63) is 83.4 Å². The Labute approximate surface area is 184 Å². The van der Waals surface area contributed by atoms with E-state index in [4.69, 9.17) is 0 Å². The molecule has 1 heterocycles. The van der Waals surface area contributed by atoms with Crippen LogP contribution >= 0.6 is 23.1 Å².